The highest BCUT2D eigenvalue weighted by molar-refractivity contribution is 6.30. The highest BCUT2D eigenvalue weighted by Crippen LogP contribution is 2.36. The average Bonchev–Trinajstić information content (AvgIpc) is 2.32. The lowest BCUT2D eigenvalue weighted by molar-refractivity contribution is -0.137. The van der Waals surface area contributed by atoms with Gasteiger partial charge in [0.05, 0.1) is 0 Å². The van der Waals surface area contributed by atoms with Crippen LogP contribution in [0.2, 0.25) is 5.02 Å². The smallest absolute Gasteiger partial charge is 0.230 e. The van der Waals surface area contributed by atoms with Crippen LogP contribution in [0.15, 0.2) is 18.2 Å². The molecular weight excluding hydrogens is 269 g/mol. The minimum absolute atomic E-state index is 0.134. The van der Waals surface area contributed by atoms with Crippen LogP contribution >= 0.6 is 11.6 Å². The second-order valence-corrected chi connectivity index (χ2v) is 5.22. The molecule has 1 fully saturated rings. The quantitative estimate of drug-likeness (QED) is 0.867. The van der Waals surface area contributed by atoms with Gasteiger partial charge in [-0.15, -0.1) is 0 Å². The monoisotopic (exact) mass is 283 g/mol. The van der Waals surface area contributed by atoms with Crippen LogP contribution in [-0.4, -0.2) is 11.8 Å². The van der Waals surface area contributed by atoms with Crippen molar-refractivity contribution in [2.75, 3.05) is 0 Å². The molecular formula is C14H15ClFNO2. The van der Waals surface area contributed by atoms with Gasteiger partial charge in [0.25, 0.3) is 0 Å². The van der Waals surface area contributed by atoms with Crippen LogP contribution in [-0.2, 0) is 9.59 Å². The Balaban J connectivity index is 2.37. The van der Waals surface area contributed by atoms with Crippen LogP contribution in [0.1, 0.15) is 37.7 Å². The summed E-state index contributed by atoms with van der Waals surface area (Å²) in [6.45, 7) is 1.96. The van der Waals surface area contributed by atoms with Gasteiger partial charge in [0.1, 0.15) is 5.82 Å². The van der Waals surface area contributed by atoms with E-state index in [-0.39, 0.29) is 24.2 Å². The van der Waals surface area contributed by atoms with Gasteiger partial charge in [-0.3, -0.25) is 14.9 Å². The van der Waals surface area contributed by atoms with Gasteiger partial charge in [-0.05, 0) is 24.1 Å². The molecule has 0 radical (unpaired) electrons. The number of hydrogen-bond acceptors (Lipinski definition) is 2. The molecule has 19 heavy (non-hydrogen) atoms. The number of carbonyl (C=O) groups excluding carboxylic acids is 2. The van der Waals surface area contributed by atoms with Crippen molar-refractivity contribution in [3.63, 3.8) is 0 Å². The molecule has 0 aromatic heterocycles. The summed E-state index contributed by atoms with van der Waals surface area (Å²) in [4.78, 5) is 23.4. The fourth-order valence-corrected chi connectivity index (χ4v) is 2.74. The lowest BCUT2D eigenvalue weighted by atomic mass is 9.78. The maximum absolute atomic E-state index is 14.0. The SMILES string of the molecule is CCCC1C(=O)NC(=O)CC1c1ccc(Cl)cc1F. The van der Waals surface area contributed by atoms with E-state index in [1.807, 2.05) is 6.92 Å². The summed E-state index contributed by atoms with van der Waals surface area (Å²) < 4.78 is 14.0. The van der Waals surface area contributed by atoms with Crippen molar-refractivity contribution in [3.8, 4) is 0 Å². The first-order valence-electron chi connectivity index (χ1n) is 6.31. The zero-order chi connectivity index (χ0) is 14.0. The second kappa shape index (κ2) is 5.70. The number of amides is 2. The number of piperidine rings is 1. The predicted molar refractivity (Wildman–Crippen MR) is 70.3 cm³/mol. The molecule has 1 aromatic carbocycles. The molecule has 1 heterocycles. The molecule has 1 N–H and O–H groups in total. The number of halogens is 2. The Morgan fingerprint density at radius 2 is 2.16 bits per heavy atom. The van der Waals surface area contributed by atoms with Gasteiger partial charge in [0.15, 0.2) is 0 Å². The minimum Gasteiger partial charge on any atom is -0.296 e. The maximum Gasteiger partial charge on any atom is 0.230 e. The van der Waals surface area contributed by atoms with Crippen LogP contribution < -0.4 is 5.32 Å². The molecule has 2 atom stereocenters. The molecule has 102 valence electrons. The second-order valence-electron chi connectivity index (χ2n) is 4.78. The van der Waals surface area contributed by atoms with E-state index in [0.29, 0.717) is 17.0 Å². The molecule has 1 aliphatic heterocycles. The van der Waals surface area contributed by atoms with Crippen LogP contribution in [0.5, 0.6) is 0 Å². The Hall–Kier alpha value is -1.42. The van der Waals surface area contributed by atoms with Crippen LogP contribution in [0, 0.1) is 11.7 Å². The van der Waals surface area contributed by atoms with Crippen molar-refractivity contribution in [1.82, 2.24) is 5.32 Å². The third-order valence-electron chi connectivity index (χ3n) is 3.45. The summed E-state index contributed by atoms with van der Waals surface area (Å²) in [5.41, 5.74) is 0.394. The summed E-state index contributed by atoms with van der Waals surface area (Å²) in [7, 11) is 0. The highest BCUT2D eigenvalue weighted by Gasteiger charge is 2.37. The fourth-order valence-electron chi connectivity index (χ4n) is 2.58. The molecule has 0 bridgehead atoms. The summed E-state index contributed by atoms with van der Waals surface area (Å²) in [5.74, 6) is -1.88. The van der Waals surface area contributed by atoms with Gasteiger partial charge in [-0.25, -0.2) is 4.39 Å². The molecule has 1 saturated heterocycles. The number of hydrogen-bond donors (Lipinski definition) is 1. The topological polar surface area (TPSA) is 46.2 Å². The Bertz CT molecular complexity index is 518. The molecule has 0 saturated carbocycles. The molecule has 2 unspecified atom stereocenters. The first-order valence-corrected chi connectivity index (χ1v) is 6.69. The van der Waals surface area contributed by atoms with E-state index >= 15 is 0 Å². The lowest BCUT2D eigenvalue weighted by Gasteiger charge is -2.30. The summed E-state index contributed by atoms with van der Waals surface area (Å²) in [6, 6.07) is 4.37. The highest BCUT2D eigenvalue weighted by atomic mass is 35.5. The molecule has 2 rings (SSSR count). The Morgan fingerprint density at radius 1 is 1.42 bits per heavy atom. The summed E-state index contributed by atoms with van der Waals surface area (Å²) in [5, 5.41) is 2.62. The van der Waals surface area contributed by atoms with E-state index in [1.165, 1.54) is 6.07 Å². The number of nitrogens with one attached hydrogen (secondary N) is 1. The predicted octanol–water partition coefficient (Wildman–Crippen LogP) is 3.03. The maximum atomic E-state index is 14.0. The Kier molecular flexibility index (Phi) is 4.20. The van der Waals surface area contributed by atoms with Crippen LogP contribution in [0.4, 0.5) is 4.39 Å². The van der Waals surface area contributed by atoms with Gasteiger partial charge < -0.3 is 0 Å². The third-order valence-corrected chi connectivity index (χ3v) is 3.69. The van der Waals surface area contributed by atoms with Gasteiger partial charge in [0.2, 0.25) is 11.8 Å². The zero-order valence-electron chi connectivity index (χ0n) is 10.6. The minimum atomic E-state index is -0.457. The number of benzene rings is 1. The molecule has 3 nitrogen and oxygen atoms in total. The molecule has 1 aromatic rings. The van der Waals surface area contributed by atoms with Crippen molar-refractivity contribution >= 4 is 23.4 Å². The van der Waals surface area contributed by atoms with Crippen molar-refractivity contribution < 1.29 is 14.0 Å². The first-order chi connectivity index (χ1) is 9.02. The van der Waals surface area contributed by atoms with Gasteiger partial charge in [-0.1, -0.05) is 31.0 Å². The molecule has 0 spiro atoms. The van der Waals surface area contributed by atoms with E-state index in [0.717, 1.165) is 6.42 Å². The standard InChI is InChI=1S/C14H15ClFNO2/c1-2-3-10-11(7-13(18)17-14(10)19)9-5-4-8(15)6-12(9)16/h4-6,10-11H,2-3,7H2,1H3,(H,17,18,19). The molecule has 2 amide bonds. The number of rotatable bonds is 3. The summed E-state index contributed by atoms with van der Waals surface area (Å²) in [6.07, 6.45) is 1.57. The van der Waals surface area contributed by atoms with Crippen molar-refractivity contribution in [1.29, 1.82) is 0 Å². The van der Waals surface area contributed by atoms with E-state index in [4.69, 9.17) is 11.6 Å². The molecule has 5 heteroatoms. The van der Waals surface area contributed by atoms with E-state index < -0.39 is 11.7 Å². The third kappa shape index (κ3) is 2.95. The van der Waals surface area contributed by atoms with Gasteiger partial charge >= 0.3 is 0 Å². The van der Waals surface area contributed by atoms with E-state index in [9.17, 15) is 14.0 Å². The van der Waals surface area contributed by atoms with Crippen molar-refractivity contribution in [3.05, 3.63) is 34.6 Å². The molecule has 0 aliphatic carbocycles. The summed E-state index contributed by atoms with van der Waals surface area (Å²) >= 11 is 5.72. The zero-order valence-corrected chi connectivity index (χ0v) is 11.3. The van der Waals surface area contributed by atoms with Crippen LogP contribution in [0.25, 0.3) is 0 Å². The van der Waals surface area contributed by atoms with Gasteiger partial charge in [-0.2, -0.15) is 0 Å². The fraction of sp³-hybridized carbons (Fsp3) is 0.429. The lowest BCUT2D eigenvalue weighted by Crippen LogP contribution is -2.44. The Labute approximate surface area is 116 Å². The molecule has 1 aliphatic rings. The number of imide groups is 1. The van der Waals surface area contributed by atoms with Crippen molar-refractivity contribution in [2.24, 2.45) is 5.92 Å². The van der Waals surface area contributed by atoms with Gasteiger partial charge in [0, 0.05) is 23.3 Å². The number of carbonyl (C=O) groups is 2. The Morgan fingerprint density at radius 3 is 2.79 bits per heavy atom. The van der Waals surface area contributed by atoms with Crippen molar-refractivity contribution in [2.45, 2.75) is 32.1 Å². The van der Waals surface area contributed by atoms with E-state index in [1.54, 1.807) is 12.1 Å². The van der Waals surface area contributed by atoms with E-state index in [2.05, 4.69) is 5.32 Å². The average molecular weight is 284 g/mol. The normalized spacial score (nSPS) is 23.3. The van der Waals surface area contributed by atoms with Crippen LogP contribution in [0.3, 0.4) is 0 Å². The first kappa shape index (κ1) is 14.0. The largest absolute Gasteiger partial charge is 0.296 e.